The van der Waals surface area contributed by atoms with Gasteiger partial charge in [0, 0.05) is 22.8 Å². The second-order valence-electron chi connectivity index (χ2n) is 6.49. The second kappa shape index (κ2) is 9.40. The number of methoxy groups -OCH3 is 1. The average Bonchev–Trinajstić information content (AvgIpc) is 3.28. The Balaban J connectivity index is 1.39. The van der Waals surface area contributed by atoms with Gasteiger partial charge in [0.15, 0.2) is 5.11 Å². The molecule has 4 aromatic rings. The normalized spacial score (nSPS) is 10.6. The molecule has 0 atom stereocenters. The molecule has 8 nitrogen and oxygen atoms in total. The van der Waals surface area contributed by atoms with Crippen LogP contribution >= 0.6 is 12.2 Å². The molecule has 2 heterocycles. The molecule has 0 aliphatic carbocycles. The summed E-state index contributed by atoms with van der Waals surface area (Å²) in [4.78, 5) is 8.80. The number of benzene rings is 2. The first-order chi connectivity index (χ1) is 15.2. The topological polar surface area (TPSA) is 94.3 Å². The third-order valence-corrected chi connectivity index (χ3v) is 4.74. The molecule has 158 valence electrons. The van der Waals surface area contributed by atoms with Crippen LogP contribution in [0.5, 0.6) is 11.5 Å². The zero-order valence-electron chi connectivity index (χ0n) is 17.1. The van der Waals surface area contributed by atoms with Gasteiger partial charge < -0.3 is 24.6 Å². The highest BCUT2D eigenvalue weighted by Crippen LogP contribution is 2.29. The molecule has 9 heteroatoms. The molecule has 0 aliphatic rings. The number of fused-ring (bicyclic) bond motifs is 1. The first-order valence-electron chi connectivity index (χ1n) is 9.70. The van der Waals surface area contributed by atoms with E-state index in [-0.39, 0.29) is 0 Å². The van der Waals surface area contributed by atoms with Crippen molar-refractivity contribution in [2.75, 3.05) is 19.0 Å². The predicted molar refractivity (Wildman–Crippen MR) is 122 cm³/mol. The van der Waals surface area contributed by atoms with E-state index in [1.807, 2.05) is 55.5 Å². The highest BCUT2D eigenvalue weighted by Gasteiger charge is 2.11. The molecule has 0 saturated carbocycles. The number of rotatable bonds is 7. The fraction of sp³-hybridized carbons (Fsp3) is 0.182. The number of nitrogens with one attached hydrogen (secondary N) is 2. The van der Waals surface area contributed by atoms with Gasteiger partial charge in [-0.1, -0.05) is 5.16 Å². The maximum absolute atomic E-state index is 5.45. The maximum atomic E-state index is 5.45. The van der Waals surface area contributed by atoms with Crippen LogP contribution in [0.1, 0.15) is 12.8 Å². The van der Waals surface area contributed by atoms with Crippen LogP contribution in [0, 0.1) is 0 Å². The van der Waals surface area contributed by atoms with Gasteiger partial charge in [-0.25, -0.2) is 0 Å². The van der Waals surface area contributed by atoms with Crippen LogP contribution in [0.4, 0.5) is 5.69 Å². The van der Waals surface area contributed by atoms with Gasteiger partial charge in [-0.15, -0.1) is 0 Å². The van der Waals surface area contributed by atoms with Crippen LogP contribution in [0.15, 0.2) is 59.3 Å². The van der Waals surface area contributed by atoms with E-state index in [1.165, 1.54) is 0 Å². The molecule has 0 fully saturated rings. The summed E-state index contributed by atoms with van der Waals surface area (Å²) in [6.07, 6.45) is 1.72. The Morgan fingerprint density at radius 2 is 1.97 bits per heavy atom. The summed E-state index contributed by atoms with van der Waals surface area (Å²) in [6, 6.07) is 15.1. The van der Waals surface area contributed by atoms with Gasteiger partial charge in [0.25, 0.3) is 0 Å². The maximum Gasteiger partial charge on any atom is 0.246 e. The molecule has 0 bridgehead atoms. The Kier molecular flexibility index (Phi) is 6.23. The number of hydrogen-bond donors (Lipinski definition) is 2. The zero-order valence-corrected chi connectivity index (χ0v) is 17.9. The fourth-order valence-electron chi connectivity index (χ4n) is 3.05. The summed E-state index contributed by atoms with van der Waals surface area (Å²) in [5.74, 6) is 2.43. The first kappa shape index (κ1) is 20.5. The number of hydrogen-bond acceptors (Lipinski definition) is 7. The molecule has 0 unspecified atom stereocenters. The summed E-state index contributed by atoms with van der Waals surface area (Å²) in [5.41, 5.74) is 2.42. The summed E-state index contributed by atoms with van der Waals surface area (Å²) in [5, 5.41) is 11.6. The quantitative estimate of drug-likeness (QED) is 0.415. The second-order valence-corrected chi connectivity index (χ2v) is 6.90. The first-order valence-corrected chi connectivity index (χ1v) is 10.1. The SMILES string of the molecule is CCOc1ccc(-c2noc(CNC(=S)Nc3ccc(OC)c4ncccc34)n2)cc1. The van der Waals surface area contributed by atoms with Crippen molar-refractivity contribution in [3.05, 3.63) is 60.6 Å². The van der Waals surface area contributed by atoms with Gasteiger partial charge in [-0.2, -0.15) is 4.98 Å². The molecule has 0 amide bonds. The largest absolute Gasteiger partial charge is 0.494 e. The Morgan fingerprint density at radius 1 is 1.13 bits per heavy atom. The number of aromatic nitrogens is 3. The molecule has 0 spiro atoms. The standard InChI is InChI=1S/C22H21N5O3S/c1-3-29-15-8-6-14(7-9-15)21-26-19(30-27-21)13-24-22(31)25-17-10-11-18(28-2)20-16(17)5-4-12-23-20/h4-12H,3,13H2,1-2H3,(H2,24,25,31). The monoisotopic (exact) mass is 435 g/mol. The third-order valence-electron chi connectivity index (χ3n) is 4.49. The van der Waals surface area contributed by atoms with Crippen molar-refractivity contribution in [1.29, 1.82) is 0 Å². The van der Waals surface area contributed by atoms with Crippen molar-refractivity contribution >= 4 is 33.9 Å². The summed E-state index contributed by atoms with van der Waals surface area (Å²) < 4.78 is 16.2. The number of ether oxygens (including phenoxy) is 2. The summed E-state index contributed by atoms with van der Waals surface area (Å²) in [6.45, 7) is 2.86. The van der Waals surface area contributed by atoms with E-state index in [0.717, 1.165) is 27.9 Å². The van der Waals surface area contributed by atoms with Crippen LogP contribution in [0.3, 0.4) is 0 Å². The molecule has 0 radical (unpaired) electrons. The Bertz CT molecular complexity index is 1190. The number of nitrogens with zero attached hydrogens (tertiary/aromatic N) is 3. The molecular formula is C22H21N5O3S. The molecule has 0 saturated heterocycles. The zero-order chi connectivity index (χ0) is 21.6. The van der Waals surface area contributed by atoms with Gasteiger partial charge in [0.05, 0.1) is 20.3 Å². The van der Waals surface area contributed by atoms with E-state index in [2.05, 4.69) is 25.8 Å². The lowest BCUT2D eigenvalue weighted by atomic mass is 10.1. The Morgan fingerprint density at radius 3 is 2.74 bits per heavy atom. The molecule has 2 aromatic carbocycles. The lowest BCUT2D eigenvalue weighted by molar-refractivity contribution is 0.340. The minimum absolute atomic E-state index is 0.294. The lowest BCUT2D eigenvalue weighted by Gasteiger charge is -2.13. The summed E-state index contributed by atoms with van der Waals surface area (Å²) in [7, 11) is 1.62. The van der Waals surface area contributed by atoms with Gasteiger partial charge in [0.1, 0.15) is 17.0 Å². The van der Waals surface area contributed by atoms with Crippen molar-refractivity contribution in [1.82, 2.24) is 20.4 Å². The van der Waals surface area contributed by atoms with E-state index >= 15 is 0 Å². The number of thiocarbonyl (C=S) groups is 1. The summed E-state index contributed by atoms with van der Waals surface area (Å²) >= 11 is 5.42. The molecular weight excluding hydrogens is 414 g/mol. The Hall–Kier alpha value is -3.72. The smallest absolute Gasteiger partial charge is 0.246 e. The van der Waals surface area contributed by atoms with E-state index in [9.17, 15) is 0 Å². The van der Waals surface area contributed by atoms with Crippen LogP contribution in [-0.2, 0) is 6.54 Å². The van der Waals surface area contributed by atoms with Gasteiger partial charge in [-0.05, 0) is 67.7 Å². The average molecular weight is 436 g/mol. The van der Waals surface area contributed by atoms with E-state index in [4.69, 9.17) is 26.2 Å². The van der Waals surface area contributed by atoms with E-state index in [1.54, 1.807) is 13.3 Å². The Labute approximate surface area is 184 Å². The highest BCUT2D eigenvalue weighted by atomic mass is 32.1. The van der Waals surface area contributed by atoms with Crippen LogP contribution in [-0.4, -0.2) is 34.0 Å². The van der Waals surface area contributed by atoms with Crippen molar-refractivity contribution in [3.8, 4) is 22.9 Å². The van der Waals surface area contributed by atoms with Crippen molar-refractivity contribution in [2.24, 2.45) is 0 Å². The molecule has 2 aromatic heterocycles. The van der Waals surface area contributed by atoms with Crippen molar-refractivity contribution in [3.63, 3.8) is 0 Å². The third kappa shape index (κ3) is 4.72. The van der Waals surface area contributed by atoms with Crippen LogP contribution < -0.4 is 20.1 Å². The lowest BCUT2D eigenvalue weighted by Crippen LogP contribution is -2.28. The molecule has 4 rings (SSSR count). The fourth-order valence-corrected chi connectivity index (χ4v) is 3.24. The van der Waals surface area contributed by atoms with Crippen LogP contribution in [0.25, 0.3) is 22.3 Å². The molecule has 0 aliphatic heterocycles. The highest BCUT2D eigenvalue weighted by molar-refractivity contribution is 7.80. The minimum Gasteiger partial charge on any atom is -0.494 e. The van der Waals surface area contributed by atoms with Crippen molar-refractivity contribution < 1.29 is 14.0 Å². The van der Waals surface area contributed by atoms with Gasteiger partial charge in [0.2, 0.25) is 11.7 Å². The van der Waals surface area contributed by atoms with Gasteiger partial charge >= 0.3 is 0 Å². The van der Waals surface area contributed by atoms with E-state index in [0.29, 0.717) is 35.7 Å². The predicted octanol–water partition coefficient (Wildman–Crippen LogP) is 4.18. The molecule has 31 heavy (non-hydrogen) atoms. The number of pyridine rings is 1. The number of anilines is 1. The van der Waals surface area contributed by atoms with Crippen LogP contribution in [0.2, 0.25) is 0 Å². The molecule has 2 N–H and O–H groups in total. The van der Waals surface area contributed by atoms with Gasteiger partial charge in [-0.3, -0.25) is 4.98 Å². The van der Waals surface area contributed by atoms with Crippen molar-refractivity contribution in [2.45, 2.75) is 13.5 Å². The minimum atomic E-state index is 0.294. The van der Waals surface area contributed by atoms with E-state index < -0.39 is 0 Å².